The SMILES string of the molecule is CCc1cc(C(=O)O)c2cn(CCN(C)C)nc2c1. The molecule has 5 heteroatoms. The lowest BCUT2D eigenvalue weighted by Gasteiger charge is -2.08. The summed E-state index contributed by atoms with van der Waals surface area (Å²) in [6.07, 6.45) is 2.63. The molecule has 0 spiro atoms. The summed E-state index contributed by atoms with van der Waals surface area (Å²) in [5.41, 5.74) is 2.10. The first kappa shape index (κ1) is 13.5. The Balaban J connectivity index is 2.45. The van der Waals surface area contributed by atoms with Gasteiger partial charge in [0.2, 0.25) is 0 Å². The van der Waals surface area contributed by atoms with Gasteiger partial charge in [0.25, 0.3) is 0 Å². The molecule has 2 aromatic rings. The molecule has 2 rings (SSSR count). The van der Waals surface area contributed by atoms with Crippen molar-refractivity contribution in [1.29, 1.82) is 0 Å². The molecule has 19 heavy (non-hydrogen) atoms. The van der Waals surface area contributed by atoms with E-state index in [-0.39, 0.29) is 0 Å². The van der Waals surface area contributed by atoms with Crippen LogP contribution in [0.2, 0.25) is 0 Å². The third kappa shape index (κ3) is 2.93. The minimum atomic E-state index is -0.896. The molecule has 0 atom stereocenters. The van der Waals surface area contributed by atoms with Crippen LogP contribution in [-0.4, -0.2) is 46.4 Å². The van der Waals surface area contributed by atoms with Gasteiger partial charge in [0.1, 0.15) is 0 Å². The molecular weight excluding hydrogens is 242 g/mol. The normalized spacial score (nSPS) is 11.4. The van der Waals surface area contributed by atoms with E-state index in [1.807, 2.05) is 38.0 Å². The monoisotopic (exact) mass is 261 g/mol. The maximum atomic E-state index is 11.3. The second kappa shape index (κ2) is 5.40. The van der Waals surface area contributed by atoms with Gasteiger partial charge in [-0.05, 0) is 38.2 Å². The number of carboxylic acid groups (broad SMARTS) is 1. The fraction of sp³-hybridized carbons (Fsp3) is 0.429. The van der Waals surface area contributed by atoms with E-state index in [0.29, 0.717) is 10.9 Å². The van der Waals surface area contributed by atoms with E-state index in [9.17, 15) is 9.90 Å². The zero-order valence-electron chi connectivity index (χ0n) is 11.6. The molecule has 5 nitrogen and oxygen atoms in total. The van der Waals surface area contributed by atoms with Crippen molar-refractivity contribution < 1.29 is 9.90 Å². The van der Waals surface area contributed by atoms with E-state index in [1.165, 1.54) is 0 Å². The molecule has 0 saturated heterocycles. The van der Waals surface area contributed by atoms with E-state index in [1.54, 1.807) is 6.07 Å². The van der Waals surface area contributed by atoms with Crippen LogP contribution < -0.4 is 0 Å². The molecule has 0 fully saturated rings. The number of benzene rings is 1. The van der Waals surface area contributed by atoms with E-state index in [2.05, 4.69) is 10.00 Å². The predicted molar refractivity (Wildman–Crippen MR) is 74.6 cm³/mol. The van der Waals surface area contributed by atoms with E-state index >= 15 is 0 Å². The third-order valence-corrected chi connectivity index (χ3v) is 3.15. The van der Waals surface area contributed by atoms with Gasteiger partial charge in [0.15, 0.2) is 0 Å². The highest BCUT2D eigenvalue weighted by atomic mass is 16.4. The van der Waals surface area contributed by atoms with Crippen molar-refractivity contribution in [2.45, 2.75) is 19.9 Å². The zero-order valence-corrected chi connectivity index (χ0v) is 11.6. The molecule has 0 saturated carbocycles. The van der Waals surface area contributed by atoms with Crippen LogP contribution in [0.15, 0.2) is 18.3 Å². The Morgan fingerprint density at radius 1 is 1.42 bits per heavy atom. The molecule has 0 aliphatic carbocycles. The van der Waals surface area contributed by atoms with Crippen LogP contribution in [0.25, 0.3) is 10.9 Å². The van der Waals surface area contributed by atoms with Crippen LogP contribution in [0.4, 0.5) is 0 Å². The summed E-state index contributed by atoms with van der Waals surface area (Å²) in [4.78, 5) is 13.4. The van der Waals surface area contributed by atoms with Gasteiger partial charge in [-0.3, -0.25) is 4.68 Å². The molecule has 0 aliphatic rings. The number of hydrogen-bond donors (Lipinski definition) is 1. The third-order valence-electron chi connectivity index (χ3n) is 3.15. The van der Waals surface area contributed by atoms with Gasteiger partial charge in [-0.15, -0.1) is 0 Å². The topological polar surface area (TPSA) is 58.4 Å². The lowest BCUT2D eigenvalue weighted by Crippen LogP contribution is -2.18. The van der Waals surface area contributed by atoms with Crippen molar-refractivity contribution in [2.24, 2.45) is 0 Å². The van der Waals surface area contributed by atoms with Gasteiger partial charge >= 0.3 is 5.97 Å². The Hall–Kier alpha value is -1.88. The Labute approximate surface area is 112 Å². The number of nitrogens with zero attached hydrogens (tertiary/aromatic N) is 3. The number of aromatic nitrogens is 2. The molecule has 0 radical (unpaired) electrons. The van der Waals surface area contributed by atoms with Crippen molar-refractivity contribution >= 4 is 16.9 Å². The summed E-state index contributed by atoms with van der Waals surface area (Å²) in [6.45, 7) is 3.63. The van der Waals surface area contributed by atoms with Crippen LogP contribution in [-0.2, 0) is 13.0 Å². The van der Waals surface area contributed by atoms with Gasteiger partial charge < -0.3 is 10.0 Å². The van der Waals surface area contributed by atoms with Gasteiger partial charge in [0, 0.05) is 18.1 Å². The molecule has 1 N–H and O–H groups in total. The van der Waals surface area contributed by atoms with Gasteiger partial charge in [-0.1, -0.05) is 6.92 Å². The average Bonchev–Trinajstić information content (AvgIpc) is 2.77. The standard InChI is InChI=1S/C14H19N3O2/c1-4-10-7-11(14(18)19)12-9-17(6-5-16(2)3)15-13(12)8-10/h7-9H,4-6H2,1-3H3,(H,18,19). The Morgan fingerprint density at radius 3 is 2.74 bits per heavy atom. The number of aromatic carboxylic acids is 1. The number of likely N-dealkylation sites (N-methyl/N-ethyl adjacent to an activating group) is 1. The van der Waals surface area contributed by atoms with Crippen LogP contribution >= 0.6 is 0 Å². The lowest BCUT2D eigenvalue weighted by molar-refractivity contribution is 0.0699. The highest BCUT2D eigenvalue weighted by Crippen LogP contribution is 2.21. The Morgan fingerprint density at radius 2 is 2.16 bits per heavy atom. The number of fused-ring (bicyclic) bond motifs is 1. The van der Waals surface area contributed by atoms with Crippen molar-refractivity contribution in [3.8, 4) is 0 Å². The van der Waals surface area contributed by atoms with Gasteiger partial charge in [0.05, 0.1) is 17.6 Å². The average molecular weight is 261 g/mol. The second-order valence-electron chi connectivity index (χ2n) is 4.93. The van der Waals surface area contributed by atoms with E-state index in [4.69, 9.17) is 0 Å². The molecule has 102 valence electrons. The minimum Gasteiger partial charge on any atom is -0.478 e. The quantitative estimate of drug-likeness (QED) is 0.892. The molecule has 1 heterocycles. The van der Waals surface area contributed by atoms with Crippen molar-refractivity contribution in [1.82, 2.24) is 14.7 Å². The van der Waals surface area contributed by atoms with E-state index in [0.717, 1.165) is 30.6 Å². The number of carbonyl (C=O) groups is 1. The summed E-state index contributed by atoms with van der Waals surface area (Å²) in [6, 6.07) is 3.70. The number of carboxylic acids is 1. The van der Waals surface area contributed by atoms with Crippen LogP contribution in [0.3, 0.4) is 0 Å². The first-order chi connectivity index (χ1) is 9.01. The molecule has 0 amide bonds. The maximum Gasteiger partial charge on any atom is 0.336 e. The van der Waals surface area contributed by atoms with Crippen molar-refractivity contribution in [2.75, 3.05) is 20.6 Å². The smallest absolute Gasteiger partial charge is 0.336 e. The van der Waals surface area contributed by atoms with Crippen LogP contribution in [0.1, 0.15) is 22.8 Å². The van der Waals surface area contributed by atoms with E-state index < -0.39 is 5.97 Å². The highest BCUT2D eigenvalue weighted by Gasteiger charge is 2.13. The lowest BCUT2D eigenvalue weighted by atomic mass is 10.0. The zero-order chi connectivity index (χ0) is 14.0. The summed E-state index contributed by atoms with van der Waals surface area (Å²) in [5, 5.41) is 14.5. The number of hydrogen-bond acceptors (Lipinski definition) is 3. The Kier molecular flexibility index (Phi) is 3.85. The highest BCUT2D eigenvalue weighted by molar-refractivity contribution is 6.02. The summed E-state index contributed by atoms with van der Waals surface area (Å²) >= 11 is 0. The van der Waals surface area contributed by atoms with Crippen molar-refractivity contribution in [3.63, 3.8) is 0 Å². The van der Waals surface area contributed by atoms with Crippen LogP contribution in [0.5, 0.6) is 0 Å². The predicted octanol–water partition coefficient (Wildman–Crippen LogP) is 1.86. The van der Waals surface area contributed by atoms with Gasteiger partial charge in [-0.2, -0.15) is 5.10 Å². The minimum absolute atomic E-state index is 0.338. The molecule has 0 aliphatic heterocycles. The summed E-state index contributed by atoms with van der Waals surface area (Å²) in [5.74, 6) is -0.896. The first-order valence-corrected chi connectivity index (χ1v) is 6.39. The fourth-order valence-corrected chi connectivity index (χ4v) is 2.03. The second-order valence-corrected chi connectivity index (χ2v) is 4.93. The fourth-order valence-electron chi connectivity index (χ4n) is 2.03. The van der Waals surface area contributed by atoms with Gasteiger partial charge in [-0.25, -0.2) is 4.79 Å². The molecule has 1 aromatic carbocycles. The molecule has 1 aromatic heterocycles. The van der Waals surface area contributed by atoms with Crippen LogP contribution in [0, 0.1) is 0 Å². The summed E-state index contributed by atoms with van der Waals surface area (Å²) < 4.78 is 1.82. The molecule has 0 unspecified atom stereocenters. The molecule has 0 bridgehead atoms. The maximum absolute atomic E-state index is 11.3. The first-order valence-electron chi connectivity index (χ1n) is 6.39. The van der Waals surface area contributed by atoms with Crippen molar-refractivity contribution in [3.05, 3.63) is 29.5 Å². The largest absolute Gasteiger partial charge is 0.478 e. The Bertz CT molecular complexity index is 602. The number of rotatable bonds is 5. The number of aryl methyl sites for hydroxylation is 1. The molecular formula is C14H19N3O2. The summed E-state index contributed by atoms with van der Waals surface area (Å²) in [7, 11) is 4.00.